The molecule has 6 heteroatoms. The van der Waals surface area contributed by atoms with Gasteiger partial charge in [0.25, 0.3) is 0 Å². The third kappa shape index (κ3) is 7.25. The van der Waals surface area contributed by atoms with Gasteiger partial charge in [-0.05, 0) is 63.4 Å². The highest BCUT2D eigenvalue weighted by Crippen LogP contribution is 2.19. The van der Waals surface area contributed by atoms with E-state index in [1.54, 1.807) is 17.0 Å². The van der Waals surface area contributed by atoms with E-state index in [1.807, 2.05) is 64.1 Å². The van der Waals surface area contributed by atoms with Crippen molar-refractivity contribution in [3.8, 4) is 6.07 Å². The molecule has 2 rings (SSSR count). The quantitative estimate of drug-likeness (QED) is 0.709. The second-order valence-electron chi connectivity index (χ2n) is 8.01. The molecule has 0 atom stereocenters. The summed E-state index contributed by atoms with van der Waals surface area (Å²) in [6.07, 6.45) is 0.523. The number of benzene rings is 2. The Balaban J connectivity index is 2.00. The predicted octanol–water partition coefficient (Wildman–Crippen LogP) is 4.89. The topological polar surface area (TPSA) is 82.4 Å². The Hall–Kier alpha value is -3.33. The van der Waals surface area contributed by atoms with Crippen molar-refractivity contribution in [1.82, 2.24) is 4.90 Å². The van der Waals surface area contributed by atoms with E-state index in [9.17, 15) is 9.59 Å². The highest BCUT2D eigenvalue weighted by molar-refractivity contribution is 5.91. The lowest BCUT2D eigenvalue weighted by molar-refractivity contribution is -0.116. The highest BCUT2D eigenvalue weighted by atomic mass is 16.6. The van der Waals surface area contributed by atoms with E-state index in [1.165, 1.54) is 0 Å². The van der Waals surface area contributed by atoms with Gasteiger partial charge in [0.15, 0.2) is 0 Å². The van der Waals surface area contributed by atoms with Crippen molar-refractivity contribution in [3.05, 3.63) is 65.2 Å². The molecule has 158 valence electrons. The number of nitriles is 1. The van der Waals surface area contributed by atoms with E-state index in [2.05, 4.69) is 11.4 Å². The molecule has 0 saturated heterocycles. The molecule has 30 heavy (non-hydrogen) atoms. The molecule has 0 aliphatic heterocycles. The van der Waals surface area contributed by atoms with Gasteiger partial charge in [0.1, 0.15) is 5.60 Å². The number of carbonyl (C=O) groups excluding carboxylic acids is 2. The average molecular weight is 408 g/mol. The monoisotopic (exact) mass is 407 g/mol. The van der Waals surface area contributed by atoms with Gasteiger partial charge >= 0.3 is 6.09 Å². The highest BCUT2D eigenvalue weighted by Gasteiger charge is 2.22. The lowest BCUT2D eigenvalue weighted by Gasteiger charge is -2.27. The van der Waals surface area contributed by atoms with Crippen molar-refractivity contribution >= 4 is 17.7 Å². The summed E-state index contributed by atoms with van der Waals surface area (Å²) in [7, 11) is 0. The Kier molecular flexibility index (Phi) is 7.99. The van der Waals surface area contributed by atoms with Crippen LogP contribution in [0.25, 0.3) is 0 Å². The van der Waals surface area contributed by atoms with E-state index in [4.69, 9.17) is 10.00 Å². The van der Waals surface area contributed by atoms with Crippen LogP contribution in [0.3, 0.4) is 0 Å². The summed E-state index contributed by atoms with van der Waals surface area (Å²) in [5.41, 5.74) is 2.56. The number of hydrogen-bond acceptors (Lipinski definition) is 4. The van der Waals surface area contributed by atoms with Crippen molar-refractivity contribution in [3.63, 3.8) is 0 Å². The average Bonchev–Trinajstić information content (AvgIpc) is 2.70. The van der Waals surface area contributed by atoms with Crippen LogP contribution in [-0.2, 0) is 22.5 Å². The summed E-state index contributed by atoms with van der Waals surface area (Å²) in [4.78, 5) is 26.5. The van der Waals surface area contributed by atoms with Gasteiger partial charge in [0, 0.05) is 18.7 Å². The first kappa shape index (κ1) is 23.0. The minimum atomic E-state index is -0.566. The smallest absolute Gasteiger partial charge is 0.410 e. The molecule has 0 spiro atoms. The molecule has 0 bridgehead atoms. The fourth-order valence-corrected chi connectivity index (χ4v) is 2.83. The van der Waals surface area contributed by atoms with Crippen LogP contribution in [0.2, 0.25) is 0 Å². The van der Waals surface area contributed by atoms with Crippen LogP contribution >= 0.6 is 0 Å². The standard InChI is InChI=1S/C24H29N3O3/c1-5-27(23(29)30-24(2,3)4)17-20-8-6-7-9-21(20)26-22(28)15-14-18-10-12-19(16-25)13-11-18/h6-13H,5,14-15,17H2,1-4H3,(H,26,28). The predicted molar refractivity (Wildman–Crippen MR) is 117 cm³/mol. The molecule has 0 unspecified atom stereocenters. The lowest BCUT2D eigenvalue weighted by Crippen LogP contribution is -2.36. The normalized spacial score (nSPS) is 10.8. The Bertz CT molecular complexity index is 909. The number of anilines is 1. The van der Waals surface area contributed by atoms with Crippen LogP contribution in [0.1, 0.15) is 50.8 Å². The number of ether oxygens (including phenoxy) is 1. The summed E-state index contributed by atoms with van der Waals surface area (Å²) in [6.45, 7) is 8.23. The van der Waals surface area contributed by atoms with Crippen molar-refractivity contribution in [2.75, 3.05) is 11.9 Å². The molecular formula is C24H29N3O3. The van der Waals surface area contributed by atoms with Crippen LogP contribution < -0.4 is 5.32 Å². The van der Waals surface area contributed by atoms with E-state index >= 15 is 0 Å². The molecule has 0 saturated carbocycles. The van der Waals surface area contributed by atoms with Gasteiger partial charge in [-0.15, -0.1) is 0 Å². The maximum Gasteiger partial charge on any atom is 0.410 e. The summed E-state index contributed by atoms with van der Waals surface area (Å²) >= 11 is 0. The number of aryl methyl sites for hydroxylation is 1. The Morgan fingerprint density at radius 3 is 2.37 bits per heavy atom. The molecule has 0 aromatic heterocycles. The first-order chi connectivity index (χ1) is 14.2. The van der Waals surface area contributed by atoms with Crippen molar-refractivity contribution in [1.29, 1.82) is 5.26 Å². The van der Waals surface area contributed by atoms with Crippen LogP contribution in [-0.4, -0.2) is 29.0 Å². The van der Waals surface area contributed by atoms with Crippen molar-refractivity contribution in [2.45, 2.75) is 52.7 Å². The number of nitrogens with zero attached hydrogens (tertiary/aromatic N) is 2. The zero-order valence-electron chi connectivity index (χ0n) is 18.1. The van der Waals surface area contributed by atoms with E-state index < -0.39 is 5.60 Å². The fourth-order valence-electron chi connectivity index (χ4n) is 2.83. The maximum atomic E-state index is 12.5. The Morgan fingerprint density at radius 1 is 1.10 bits per heavy atom. The fraction of sp³-hybridized carbons (Fsp3) is 0.375. The molecule has 2 aromatic carbocycles. The van der Waals surface area contributed by atoms with Crippen LogP contribution in [0.15, 0.2) is 48.5 Å². The van der Waals surface area contributed by atoms with E-state index in [0.29, 0.717) is 37.2 Å². The van der Waals surface area contributed by atoms with E-state index in [-0.39, 0.29) is 12.0 Å². The minimum Gasteiger partial charge on any atom is -0.444 e. The number of rotatable bonds is 7. The first-order valence-electron chi connectivity index (χ1n) is 10.1. The van der Waals surface area contributed by atoms with Gasteiger partial charge in [0.2, 0.25) is 5.91 Å². The van der Waals surface area contributed by atoms with Crippen LogP contribution in [0.5, 0.6) is 0 Å². The Morgan fingerprint density at radius 2 is 1.77 bits per heavy atom. The molecule has 0 radical (unpaired) electrons. The number of amides is 2. The zero-order valence-corrected chi connectivity index (χ0v) is 18.1. The molecule has 1 N–H and O–H groups in total. The van der Waals surface area contributed by atoms with Gasteiger partial charge in [-0.25, -0.2) is 4.79 Å². The summed E-state index contributed by atoms with van der Waals surface area (Å²) < 4.78 is 5.47. The summed E-state index contributed by atoms with van der Waals surface area (Å²) in [5.74, 6) is -0.105. The summed E-state index contributed by atoms with van der Waals surface area (Å²) in [6, 6.07) is 16.8. The first-order valence-corrected chi connectivity index (χ1v) is 10.1. The molecule has 6 nitrogen and oxygen atoms in total. The van der Waals surface area contributed by atoms with Crippen LogP contribution in [0.4, 0.5) is 10.5 Å². The lowest BCUT2D eigenvalue weighted by atomic mass is 10.1. The van der Waals surface area contributed by atoms with Crippen molar-refractivity contribution < 1.29 is 14.3 Å². The molecular weight excluding hydrogens is 378 g/mol. The third-order valence-corrected chi connectivity index (χ3v) is 4.41. The number of hydrogen-bond donors (Lipinski definition) is 1. The van der Waals surface area contributed by atoms with Crippen LogP contribution in [0, 0.1) is 11.3 Å². The third-order valence-electron chi connectivity index (χ3n) is 4.41. The largest absolute Gasteiger partial charge is 0.444 e. The van der Waals surface area contributed by atoms with Gasteiger partial charge in [-0.3, -0.25) is 4.79 Å². The second-order valence-corrected chi connectivity index (χ2v) is 8.01. The Labute approximate surface area is 178 Å². The maximum absolute atomic E-state index is 12.5. The number of para-hydroxylation sites is 1. The molecule has 0 heterocycles. The summed E-state index contributed by atoms with van der Waals surface area (Å²) in [5, 5.41) is 11.8. The minimum absolute atomic E-state index is 0.105. The van der Waals surface area contributed by atoms with Gasteiger partial charge < -0.3 is 15.0 Å². The number of nitrogens with one attached hydrogen (secondary N) is 1. The number of carbonyl (C=O) groups is 2. The van der Waals surface area contributed by atoms with Gasteiger partial charge in [-0.1, -0.05) is 30.3 Å². The molecule has 2 aromatic rings. The van der Waals surface area contributed by atoms with Gasteiger partial charge in [0.05, 0.1) is 18.2 Å². The SMILES string of the molecule is CCN(Cc1ccccc1NC(=O)CCc1ccc(C#N)cc1)C(=O)OC(C)(C)C. The second kappa shape index (κ2) is 10.4. The van der Waals surface area contributed by atoms with E-state index in [0.717, 1.165) is 11.1 Å². The van der Waals surface area contributed by atoms with Gasteiger partial charge in [-0.2, -0.15) is 5.26 Å². The van der Waals surface area contributed by atoms with Crippen molar-refractivity contribution in [2.24, 2.45) is 0 Å². The molecule has 0 aliphatic rings. The molecule has 0 fully saturated rings. The molecule has 2 amide bonds. The zero-order chi connectivity index (χ0) is 22.1. The molecule has 0 aliphatic carbocycles.